The summed E-state index contributed by atoms with van der Waals surface area (Å²) >= 11 is 0. The Kier molecular flexibility index (Phi) is 5.34. The first-order valence-electron chi connectivity index (χ1n) is 9.54. The normalized spacial score (nSPS) is 12.4. The maximum Gasteiger partial charge on any atom is 0.198 e. The van der Waals surface area contributed by atoms with Gasteiger partial charge in [0.2, 0.25) is 0 Å². The number of anilines is 1. The summed E-state index contributed by atoms with van der Waals surface area (Å²) in [6, 6.07) is 5.80. The molecule has 8 heteroatoms. The van der Waals surface area contributed by atoms with Crippen molar-refractivity contribution in [3.05, 3.63) is 41.7 Å². The molecule has 0 radical (unpaired) electrons. The summed E-state index contributed by atoms with van der Waals surface area (Å²) in [5.41, 5.74) is 10.3. The third-order valence-electron chi connectivity index (χ3n) is 4.95. The Balaban J connectivity index is 1.79. The summed E-state index contributed by atoms with van der Waals surface area (Å²) in [6.07, 6.45) is 4.13. The van der Waals surface area contributed by atoms with Gasteiger partial charge in [0, 0.05) is 55.2 Å². The maximum absolute atomic E-state index is 13.3. The van der Waals surface area contributed by atoms with Crippen molar-refractivity contribution in [1.29, 1.82) is 0 Å². The topological polar surface area (TPSA) is 118 Å². The molecule has 0 spiro atoms. The van der Waals surface area contributed by atoms with E-state index in [1.54, 1.807) is 12.4 Å². The molecule has 0 bridgehead atoms. The van der Waals surface area contributed by atoms with Crippen LogP contribution in [-0.4, -0.2) is 58.4 Å². The lowest BCUT2D eigenvalue weighted by atomic mass is 9.87. The fourth-order valence-corrected chi connectivity index (χ4v) is 3.66. The number of ketones is 1. The molecule has 5 N–H and O–H groups in total. The number of aliphatic hydroxyl groups is 1. The van der Waals surface area contributed by atoms with E-state index in [0.717, 1.165) is 34.3 Å². The molecule has 3 aromatic rings. The Morgan fingerprint density at radius 1 is 1.14 bits per heavy atom. The fourth-order valence-electron chi connectivity index (χ4n) is 3.66. The van der Waals surface area contributed by atoms with Crippen LogP contribution in [0.3, 0.4) is 0 Å². The number of nitrogens with two attached hydrogens (primary N) is 1. The number of pyridine rings is 1. The van der Waals surface area contributed by atoms with Crippen LogP contribution in [0.1, 0.15) is 22.3 Å². The van der Waals surface area contributed by atoms with Crippen LogP contribution in [0.2, 0.25) is 0 Å². The third kappa shape index (κ3) is 3.15. The number of carbonyl (C=O) groups is 1. The highest BCUT2D eigenvalue weighted by molar-refractivity contribution is 6.27. The van der Waals surface area contributed by atoms with Gasteiger partial charge >= 0.3 is 0 Å². The van der Waals surface area contributed by atoms with E-state index in [0.29, 0.717) is 43.9 Å². The number of nitrogens with one attached hydrogen (secondary N) is 2. The van der Waals surface area contributed by atoms with Crippen LogP contribution in [0.4, 0.5) is 5.69 Å². The molecule has 0 atom stereocenters. The molecule has 0 fully saturated rings. The van der Waals surface area contributed by atoms with E-state index in [4.69, 9.17) is 15.9 Å². The van der Waals surface area contributed by atoms with E-state index in [2.05, 4.69) is 15.6 Å². The first-order valence-corrected chi connectivity index (χ1v) is 9.54. The van der Waals surface area contributed by atoms with E-state index in [9.17, 15) is 4.79 Å². The molecule has 28 heavy (non-hydrogen) atoms. The van der Waals surface area contributed by atoms with E-state index in [1.807, 2.05) is 22.9 Å². The molecular weight excluding hydrogens is 356 g/mol. The van der Waals surface area contributed by atoms with Gasteiger partial charge in [0.05, 0.1) is 23.3 Å². The standard InChI is InChI=1S/C20H24N6O2/c21-5-1-10-26-16-3-2-15(24-8-7-22-9-11-27)17-18(16)19(25-26)13-4-6-23-12-14(13)20(17)28/h2-4,6,12,22,24,27H,1,5,7-11,21H2. The Labute approximate surface area is 162 Å². The first-order chi connectivity index (χ1) is 13.8. The van der Waals surface area contributed by atoms with Gasteiger partial charge in [-0.25, -0.2) is 0 Å². The average Bonchev–Trinajstić information content (AvgIpc) is 3.09. The summed E-state index contributed by atoms with van der Waals surface area (Å²) in [7, 11) is 0. The predicted octanol–water partition coefficient (Wildman–Crippen LogP) is 0.985. The monoisotopic (exact) mass is 380 g/mol. The van der Waals surface area contributed by atoms with Crippen LogP contribution in [-0.2, 0) is 6.54 Å². The zero-order chi connectivity index (χ0) is 19.5. The molecule has 2 heterocycles. The molecule has 4 rings (SSSR count). The molecule has 1 aliphatic carbocycles. The Morgan fingerprint density at radius 2 is 2.04 bits per heavy atom. The molecule has 1 aromatic carbocycles. The number of rotatable bonds is 9. The minimum atomic E-state index is -0.0367. The van der Waals surface area contributed by atoms with Crippen LogP contribution < -0.4 is 16.4 Å². The number of aliphatic hydroxyl groups excluding tert-OH is 1. The molecule has 0 saturated heterocycles. The van der Waals surface area contributed by atoms with E-state index in [1.165, 1.54) is 0 Å². The number of aromatic nitrogens is 3. The second-order valence-corrected chi connectivity index (χ2v) is 6.75. The van der Waals surface area contributed by atoms with Gasteiger partial charge in [-0.3, -0.25) is 14.5 Å². The second kappa shape index (κ2) is 8.05. The van der Waals surface area contributed by atoms with E-state index in [-0.39, 0.29) is 12.4 Å². The third-order valence-corrected chi connectivity index (χ3v) is 4.95. The van der Waals surface area contributed by atoms with Gasteiger partial charge < -0.3 is 21.5 Å². The van der Waals surface area contributed by atoms with Gasteiger partial charge in [0.1, 0.15) is 5.69 Å². The van der Waals surface area contributed by atoms with Crippen LogP contribution >= 0.6 is 0 Å². The van der Waals surface area contributed by atoms with Crippen LogP contribution in [0.5, 0.6) is 0 Å². The van der Waals surface area contributed by atoms with Gasteiger partial charge in [-0.1, -0.05) is 0 Å². The number of fused-ring (bicyclic) bond motifs is 2. The second-order valence-electron chi connectivity index (χ2n) is 6.75. The largest absolute Gasteiger partial charge is 0.395 e. The number of hydrogen-bond acceptors (Lipinski definition) is 7. The molecular formula is C20H24N6O2. The number of hydrogen-bond donors (Lipinski definition) is 4. The quantitative estimate of drug-likeness (QED) is 0.320. The highest BCUT2D eigenvalue weighted by atomic mass is 16.3. The zero-order valence-electron chi connectivity index (χ0n) is 15.6. The van der Waals surface area contributed by atoms with Crippen molar-refractivity contribution in [1.82, 2.24) is 20.1 Å². The summed E-state index contributed by atoms with van der Waals surface area (Å²) in [5, 5.41) is 21.0. The highest BCUT2D eigenvalue weighted by Gasteiger charge is 2.31. The molecule has 2 aromatic heterocycles. The van der Waals surface area contributed by atoms with Crippen molar-refractivity contribution in [3.63, 3.8) is 0 Å². The molecule has 8 nitrogen and oxygen atoms in total. The lowest BCUT2D eigenvalue weighted by Crippen LogP contribution is -2.25. The first kappa shape index (κ1) is 18.5. The Bertz CT molecular complexity index is 1010. The molecule has 1 aliphatic rings. The lowest BCUT2D eigenvalue weighted by Gasteiger charge is -2.18. The van der Waals surface area contributed by atoms with Gasteiger partial charge in [-0.05, 0) is 31.2 Å². The Morgan fingerprint density at radius 3 is 2.86 bits per heavy atom. The van der Waals surface area contributed by atoms with E-state index < -0.39 is 0 Å². The summed E-state index contributed by atoms with van der Waals surface area (Å²) < 4.78 is 1.94. The SMILES string of the molecule is NCCCn1nc2c3c(c(NCCNCCO)ccc31)C(=O)c1cnccc1-2. The van der Waals surface area contributed by atoms with Crippen molar-refractivity contribution in [2.75, 3.05) is 38.1 Å². The molecule has 0 saturated carbocycles. The highest BCUT2D eigenvalue weighted by Crippen LogP contribution is 2.41. The molecule has 0 unspecified atom stereocenters. The lowest BCUT2D eigenvalue weighted by molar-refractivity contribution is 0.104. The fraction of sp³-hybridized carbons (Fsp3) is 0.350. The van der Waals surface area contributed by atoms with Crippen molar-refractivity contribution in [2.45, 2.75) is 13.0 Å². The summed E-state index contributed by atoms with van der Waals surface area (Å²) in [5.74, 6) is -0.0367. The Hall–Kier alpha value is -2.81. The average molecular weight is 380 g/mol. The van der Waals surface area contributed by atoms with Crippen molar-refractivity contribution < 1.29 is 9.90 Å². The number of aryl methyl sites for hydroxylation is 1. The minimum Gasteiger partial charge on any atom is -0.395 e. The van der Waals surface area contributed by atoms with Gasteiger partial charge in [-0.2, -0.15) is 5.10 Å². The number of nitrogens with zero attached hydrogens (tertiary/aromatic N) is 3. The number of benzene rings is 1. The molecule has 0 aliphatic heterocycles. The minimum absolute atomic E-state index is 0.0367. The van der Waals surface area contributed by atoms with Crippen LogP contribution in [0, 0.1) is 0 Å². The van der Waals surface area contributed by atoms with Crippen LogP contribution in [0.25, 0.3) is 22.2 Å². The van der Waals surface area contributed by atoms with Gasteiger partial charge in [-0.15, -0.1) is 0 Å². The molecule has 146 valence electrons. The van der Waals surface area contributed by atoms with Crippen molar-refractivity contribution in [3.8, 4) is 11.3 Å². The zero-order valence-corrected chi connectivity index (χ0v) is 15.6. The van der Waals surface area contributed by atoms with Crippen molar-refractivity contribution >= 4 is 22.4 Å². The van der Waals surface area contributed by atoms with Gasteiger partial charge in [0.15, 0.2) is 5.78 Å². The van der Waals surface area contributed by atoms with Gasteiger partial charge in [0.25, 0.3) is 0 Å². The molecule has 0 amide bonds. The number of carbonyl (C=O) groups excluding carboxylic acids is 1. The van der Waals surface area contributed by atoms with Crippen molar-refractivity contribution in [2.24, 2.45) is 5.73 Å². The van der Waals surface area contributed by atoms with E-state index >= 15 is 0 Å². The summed E-state index contributed by atoms with van der Waals surface area (Å²) in [4.78, 5) is 17.4. The predicted molar refractivity (Wildman–Crippen MR) is 109 cm³/mol. The smallest absolute Gasteiger partial charge is 0.198 e. The maximum atomic E-state index is 13.3. The summed E-state index contributed by atoms with van der Waals surface area (Å²) in [6.45, 7) is 3.27. The van der Waals surface area contributed by atoms with Crippen LogP contribution in [0.15, 0.2) is 30.6 Å².